The van der Waals surface area contributed by atoms with Gasteiger partial charge in [-0.3, -0.25) is 9.59 Å². The number of hydrogen-bond donors (Lipinski definition) is 0. The molecular weight excluding hydrogens is 1440 g/mol. The van der Waals surface area contributed by atoms with Crippen LogP contribution in [0.1, 0.15) is 303 Å². The second-order valence-electron chi connectivity index (χ2n) is 31.3. The molecule has 12 heteroatoms. The lowest BCUT2D eigenvalue weighted by atomic mass is 10.1. The summed E-state index contributed by atoms with van der Waals surface area (Å²) in [5, 5.41) is 0. The van der Waals surface area contributed by atoms with E-state index in [0.29, 0.717) is 24.2 Å². The van der Waals surface area contributed by atoms with Crippen LogP contribution in [0.15, 0.2) is 181 Å². The lowest BCUT2D eigenvalue weighted by Crippen LogP contribution is -2.30. The zero-order valence-corrected chi connectivity index (χ0v) is 71.9. The van der Waals surface area contributed by atoms with Gasteiger partial charge in [0.2, 0.25) is 0 Å². The monoisotopic (exact) mass is 1570 g/mol. The van der Waals surface area contributed by atoms with Crippen LogP contribution in [0.4, 0.5) is 34.1 Å². The molecule has 0 fully saturated rings. The van der Waals surface area contributed by atoms with E-state index in [0.717, 1.165) is 190 Å². The van der Waals surface area contributed by atoms with Crippen LogP contribution in [0.25, 0.3) is 35.7 Å². The quantitative estimate of drug-likeness (QED) is 0.0349. The number of rotatable bonds is 58. The van der Waals surface area contributed by atoms with Crippen molar-refractivity contribution in [2.45, 2.75) is 273 Å². The molecule has 0 unspecified atom stereocenters. The average Bonchev–Trinajstić information content (AvgIpc) is 1.55. The Labute approximate surface area is 694 Å². The van der Waals surface area contributed by atoms with Gasteiger partial charge in [-0.05, 0) is 207 Å². The number of hydrogen-bond acceptors (Lipinski definition) is 10. The third-order valence-corrected chi connectivity index (χ3v) is 24.1. The van der Waals surface area contributed by atoms with Crippen molar-refractivity contribution < 1.29 is 28.5 Å². The van der Waals surface area contributed by atoms with Gasteiger partial charge in [-0.25, -0.2) is 0 Å². The summed E-state index contributed by atoms with van der Waals surface area (Å²) in [5.74, 6) is 3.41. The summed E-state index contributed by atoms with van der Waals surface area (Å²) in [5.41, 5.74) is 11.0. The average molecular weight is 1580 g/mol. The summed E-state index contributed by atoms with van der Waals surface area (Å²) >= 11 is 3.30. The van der Waals surface area contributed by atoms with Crippen LogP contribution >= 0.6 is 22.7 Å². The van der Waals surface area contributed by atoms with Gasteiger partial charge in [0, 0.05) is 57.0 Å². The molecule has 2 aromatic heterocycles. The van der Waals surface area contributed by atoms with E-state index in [2.05, 4.69) is 246 Å². The molecule has 2 aliphatic rings. The van der Waals surface area contributed by atoms with Crippen LogP contribution in [0.5, 0.6) is 23.0 Å². The smallest absolute Gasteiger partial charge is 0.261 e. The van der Waals surface area contributed by atoms with Crippen molar-refractivity contribution in [1.29, 1.82) is 0 Å². The van der Waals surface area contributed by atoms with E-state index in [1.165, 1.54) is 167 Å². The Morgan fingerprint density at radius 2 is 0.491 bits per heavy atom. The Bertz CT molecular complexity index is 3790. The molecule has 2 amide bonds. The third kappa shape index (κ3) is 27.3. The fourth-order valence-corrected chi connectivity index (χ4v) is 17.3. The molecule has 6 aromatic carbocycles. The highest BCUT2D eigenvalue weighted by atomic mass is 32.1. The van der Waals surface area contributed by atoms with Crippen molar-refractivity contribution in [1.82, 2.24) is 9.80 Å². The molecule has 8 aromatic rings. The first-order valence-electron chi connectivity index (χ1n) is 44.6. The zero-order valence-electron chi connectivity index (χ0n) is 70.2. The highest BCUT2D eigenvalue weighted by molar-refractivity contribution is 7.14. The summed E-state index contributed by atoms with van der Waals surface area (Å²) in [6.07, 6.45) is 51.3. The number of benzene rings is 6. The number of anilines is 6. The maximum absolute atomic E-state index is 15.6. The maximum Gasteiger partial charge on any atom is 0.261 e. The topological polar surface area (TPSA) is 84.0 Å². The fraction of sp³-hybridized carbons (Fsp3) is 0.471. The number of carbonyl (C=O) groups excluding carboxylic acids is 2. The summed E-state index contributed by atoms with van der Waals surface area (Å²) in [7, 11) is 0. The largest absolute Gasteiger partial charge is 0.494 e. The van der Waals surface area contributed by atoms with E-state index in [4.69, 9.17) is 18.9 Å². The van der Waals surface area contributed by atoms with Gasteiger partial charge in [0.05, 0.1) is 58.7 Å². The number of ether oxygens (including phenoxy) is 4. The van der Waals surface area contributed by atoms with E-state index in [9.17, 15) is 0 Å². The van der Waals surface area contributed by atoms with Crippen LogP contribution < -0.4 is 28.7 Å². The second kappa shape index (κ2) is 50.0. The van der Waals surface area contributed by atoms with Crippen molar-refractivity contribution in [3.8, 4) is 23.0 Å². The lowest BCUT2D eigenvalue weighted by molar-refractivity contribution is -0.124. The highest BCUT2D eigenvalue weighted by Gasteiger charge is 2.49. The molecule has 0 N–H and O–H groups in total. The van der Waals surface area contributed by atoms with Crippen LogP contribution in [-0.2, 0) is 9.59 Å². The van der Waals surface area contributed by atoms with Gasteiger partial charge in [-0.15, -0.1) is 22.7 Å². The predicted octanol–water partition coefficient (Wildman–Crippen LogP) is 30.6. The van der Waals surface area contributed by atoms with E-state index in [-0.39, 0.29) is 11.8 Å². The molecule has 0 bridgehead atoms. The molecule has 0 aliphatic carbocycles. The highest BCUT2D eigenvalue weighted by Crippen LogP contribution is 2.50. The van der Waals surface area contributed by atoms with E-state index in [1.807, 2.05) is 9.80 Å². The number of unbranched alkanes of at least 4 members (excludes halogenated alkanes) is 30. The van der Waals surface area contributed by atoms with Gasteiger partial charge in [0.1, 0.15) is 23.0 Å². The van der Waals surface area contributed by atoms with E-state index in [1.54, 1.807) is 22.7 Å². The Balaban J connectivity index is 0.891. The van der Waals surface area contributed by atoms with Gasteiger partial charge in [-0.2, -0.15) is 0 Å². The normalized spacial score (nSPS) is 12.9. The molecule has 2 aliphatic heterocycles. The molecule has 0 saturated heterocycles. The molecule has 0 saturated carbocycles. The SMILES string of the molecule is CCCCCCCCOc1ccc(N(c2ccc(/C=C/c3ccc(C4=C5C(=O)N(CCCCCCCC)C(c6ccc(/C=C/c7ccc(N(c8ccc(OCCCCCCCC)cc8)c8ccc(OCCCCCCCC)cc8)cc7)s6)=C5C(=O)N4CCCCCCCC)s3)cc2)c2ccc(OCCCCCCCC)cc2)cc1. The first kappa shape index (κ1) is 87.8. The second-order valence-corrected chi connectivity index (χ2v) is 33.5. The van der Waals surface area contributed by atoms with Crippen molar-refractivity contribution in [3.63, 3.8) is 0 Å². The molecule has 0 atom stereocenters. The van der Waals surface area contributed by atoms with Crippen molar-refractivity contribution in [2.24, 2.45) is 0 Å². The molecule has 0 radical (unpaired) electrons. The molecule has 4 heterocycles. The number of thiophene rings is 2. The van der Waals surface area contributed by atoms with Gasteiger partial charge < -0.3 is 38.5 Å². The number of amides is 2. The number of nitrogens with zero attached hydrogens (tertiary/aromatic N) is 4. The van der Waals surface area contributed by atoms with E-state index < -0.39 is 0 Å². The number of carbonyl (C=O) groups is 2. The zero-order chi connectivity index (χ0) is 79.6. The lowest BCUT2D eigenvalue weighted by Gasteiger charge is -2.26. The summed E-state index contributed by atoms with van der Waals surface area (Å²) in [6.45, 7) is 17.6. The van der Waals surface area contributed by atoms with Gasteiger partial charge in [0.15, 0.2) is 0 Å². The fourth-order valence-electron chi connectivity index (χ4n) is 15.4. The van der Waals surface area contributed by atoms with Crippen LogP contribution in [0.2, 0.25) is 0 Å². The minimum Gasteiger partial charge on any atom is -0.494 e. The molecule has 0 spiro atoms. The molecule has 10 nitrogen and oxygen atoms in total. The molecule has 114 heavy (non-hydrogen) atoms. The minimum atomic E-state index is -0.0669. The summed E-state index contributed by atoms with van der Waals surface area (Å²) in [4.78, 5) is 43.7. The maximum atomic E-state index is 15.6. The summed E-state index contributed by atoms with van der Waals surface area (Å²) < 4.78 is 25.0. The first-order valence-corrected chi connectivity index (χ1v) is 46.3. The van der Waals surface area contributed by atoms with Crippen molar-refractivity contribution in [3.05, 3.63) is 212 Å². The van der Waals surface area contributed by atoms with Crippen LogP contribution in [0.3, 0.4) is 0 Å². The Kier molecular flexibility index (Phi) is 38.5. The first-order chi connectivity index (χ1) is 56.2. The Hall–Kier alpha value is -8.58. The molecule has 10 rings (SSSR count). The van der Waals surface area contributed by atoms with Gasteiger partial charge in [0.25, 0.3) is 11.8 Å². The minimum absolute atomic E-state index is 0.0669. The van der Waals surface area contributed by atoms with Crippen molar-refractivity contribution in [2.75, 3.05) is 49.3 Å². The van der Waals surface area contributed by atoms with Gasteiger partial charge in [-0.1, -0.05) is 271 Å². The standard InChI is InChI=1S/C102H134N4O6S2/c1-7-13-19-25-31-37-75-103-99(95-73-71-93(113-95)69-47-81-43-49-83(50-44-81)105(85-53-61-89(62-54-85)109-77-39-33-27-21-15-9-3)86-55-63-90(64-56-86)110-78-40-34-28-22-16-10-4)97-98(101(103)107)100(104(102(97)108)76-38-32-26-20-14-8-2)96-74-72-94(114-96)70-48-82-45-51-84(52-46-82)106(87-57-65-91(66-58-87)111-79-41-35-29-23-17-11-5)88-59-67-92(68-60-88)112-80-42-36-30-24-18-12-6/h43-74H,7-42,75-80H2,1-6H3/b69-47+,70-48+. The van der Waals surface area contributed by atoms with Gasteiger partial charge >= 0.3 is 0 Å². The summed E-state index contributed by atoms with van der Waals surface area (Å²) in [6, 6.07) is 60.1. The van der Waals surface area contributed by atoms with E-state index >= 15 is 9.59 Å². The Morgan fingerprint density at radius 1 is 0.263 bits per heavy atom. The third-order valence-electron chi connectivity index (χ3n) is 22.0. The predicted molar refractivity (Wildman–Crippen MR) is 488 cm³/mol. The number of fused-ring (bicyclic) bond motifs is 1. The Morgan fingerprint density at radius 3 is 0.746 bits per heavy atom. The van der Waals surface area contributed by atoms with Crippen LogP contribution in [-0.4, -0.2) is 61.1 Å². The van der Waals surface area contributed by atoms with Crippen LogP contribution in [0, 0.1) is 0 Å². The molecular formula is C102H134N4O6S2. The molecule has 610 valence electrons. The van der Waals surface area contributed by atoms with Crippen molar-refractivity contribution >= 4 is 104 Å².